The first kappa shape index (κ1) is 11.4. The zero-order valence-corrected chi connectivity index (χ0v) is 10.0. The number of hydrogen-bond donors (Lipinski definition) is 1. The van der Waals surface area contributed by atoms with Crippen molar-refractivity contribution in [2.75, 3.05) is 6.61 Å². The average Bonchev–Trinajstić information content (AvgIpc) is 2.67. The molecule has 1 aliphatic carbocycles. The van der Waals surface area contributed by atoms with Gasteiger partial charge in [-0.1, -0.05) is 19.8 Å². The van der Waals surface area contributed by atoms with Gasteiger partial charge in [-0.2, -0.15) is 0 Å². The summed E-state index contributed by atoms with van der Waals surface area (Å²) in [6, 6.07) is 0. The van der Waals surface area contributed by atoms with Gasteiger partial charge in [0.2, 0.25) is 0 Å². The molecule has 2 aliphatic rings. The van der Waals surface area contributed by atoms with Gasteiger partial charge in [0, 0.05) is 6.61 Å². The molecule has 88 valence electrons. The maximum Gasteiger partial charge on any atom is 0.0915 e. The molecule has 2 unspecified atom stereocenters. The van der Waals surface area contributed by atoms with Crippen molar-refractivity contribution in [1.82, 2.24) is 0 Å². The molecule has 1 N–H and O–H groups in total. The zero-order chi connectivity index (χ0) is 10.9. The van der Waals surface area contributed by atoms with Crippen LogP contribution in [0.5, 0.6) is 0 Å². The topological polar surface area (TPSA) is 29.5 Å². The number of ether oxygens (including phenoxy) is 1. The lowest BCUT2D eigenvalue weighted by Gasteiger charge is -2.38. The van der Waals surface area contributed by atoms with Crippen LogP contribution in [0.3, 0.4) is 0 Å². The highest BCUT2D eigenvalue weighted by molar-refractivity contribution is 4.92. The van der Waals surface area contributed by atoms with Crippen LogP contribution in [0.15, 0.2) is 0 Å². The van der Waals surface area contributed by atoms with Gasteiger partial charge in [-0.05, 0) is 44.4 Å². The van der Waals surface area contributed by atoms with E-state index < -0.39 is 0 Å². The highest BCUT2D eigenvalue weighted by Gasteiger charge is 2.42. The third-order valence-corrected chi connectivity index (χ3v) is 4.38. The van der Waals surface area contributed by atoms with E-state index in [0.29, 0.717) is 5.92 Å². The highest BCUT2D eigenvalue weighted by atomic mass is 16.5. The van der Waals surface area contributed by atoms with Gasteiger partial charge in [-0.25, -0.2) is 0 Å². The quantitative estimate of drug-likeness (QED) is 0.762. The molecular formula is C13H24O2. The van der Waals surface area contributed by atoms with Gasteiger partial charge in [0.15, 0.2) is 0 Å². The van der Waals surface area contributed by atoms with E-state index >= 15 is 0 Å². The summed E-state index contributed by atoms with van der Waals surface area (Å²) in [7, 11) is 0. The Morgan fingerprint density at radius 1 is 1.27 bits per heavy atom. The Kier molecular flexibility index (Phi) is 3.36. The molecule has 0 aromatic rings. The predicted octanol–water partition coefficient (Wildman–Crippen LogP) is 2.74. The number of aliphatic hydroxyl groups is 1. The lowest BCUT2D eigenvalue weighted by molar-refractivity contribution is -0.108. The van der Waals surface area contributed by atoms with Crippen molar-refractivity contribution < 1.29 is 9.84 Å². The van der Waals surface area contributed by atoms with Gasteiger partial charge in [-0.15, -0.1) is 0 Å². The molecule has 1 saturated heterocycles. The van der Waals surface area contributed by atoms with Gasteiger partial charge in [0.05, 0.1) is 11.7 Å². The van der Waals surface area contributed by atoms with Crippen LogP contribution >= 0.6 is 0 Å². The fourth-order valence-corrected chi connectivity index (χ4v) is 3.13. The monoisotopic (exact) mass is 212 g/mol. The summed E-state index contributed by atoms with van der Waals surface area (Å²) in [4.78, 5) is 0. The first-order valence-corrected chi connectivity index (χ1v) is 6.44. The molecule has 0 bridgehead atoms. The van der Waals surface area contributed by atoms with E-state index in [4.69, 9.17) is 4.74 Å². The van der Waals surface area contributed by atoms with Crippen LogP contribution in [-0.4, -0.2) is 23.4 Å². The van der Waals surface area contributed by atoms with Crippen LogP contribution in [0.4, 0.5) is 0 Å². The molecule has 0 aromatic heterocycles. The van der Waals surface area contributed by atoms with E-state index in [1.54, 1.807) is 0 Å². The van der Waals surface area contributed by atoms with E-state index in [0.717, 1.165) is 25.4 Å². The molecule has 1 heterocycles. The number of rotatable bonds is 2. The molecular weight excluding hydrogens is 188 g/mol. The molecule has 1 saturated carbocycles. The van der Waals surface area contributed by atoms with E-state index in [1.165, 1.54) is 25.7 Å². The summed E-state index contributed by atoms with van der Waals surface area (Å²) in [5.41, 5.74) is -0.245. The van der Waals surface area contributed by atoms with Crippen molar-refractivity contribution in [3.63, 3.8) is 0 Å². The standard InChI is InChI=1S/C13H24O2/c1-10-4-6-11(7-5-10)12(14)13(2)8-3-9-15-13/h10-12,14H,3-9H2,1-2H3. The van der Waals surface area contributed by atoms with Crippen molar-refractivity contribution in [2.24, 2.45) is 11.8 Å². The molecule has 0 amide bonds. The van der Waals surface area contributed by atoms with Gasteiger partial charge >= 0.3 is 0 Å². The largest absolute Gasteiger partial charge is 0.390 e. The minimum absolute atomic E-state index is 0.243. The zero-order valence-electron chi connectivity index (χ0n) is 10.0. The van der Waals surface area contributed by atoms with Gasteiger partial charge in [-0.3, -0.25) is 0 Å². The third kappa shape index (κ3) is 2.36. The summed E-state index contributed by atoms with van der Waals surface area (Å²) in [6.07, 6.45) is 6.81. The molecule has 2 nitrogen and oxygen atoms in total. The van der Waals surface area contributed by atoms with Gasteiger partial charge in [0.25, 0.3) is 0 Å². The lowest BCUT2D eigenvalue weighted by atomic mass is 9.75. The first-order valence-electron chi connectivity index (χ1n) is 6.44. The van der Waals surface area contributed by atoms with Crippen molar-refractivity contribution in [3.8, 4) is 0 Å². The Labute approximate surface area is 93.0 Å². The van der Waals surface area contributed by atoms with Gasteiger partial charge in [0.1, 0.15) is 0 Å². The fraction of sp³-hybridized carbons (Fsp3) is 1.00. The summed E-state index contributed by atoms with van der Waals surface area (Å²) < 4.78 is 5.73. The van der Waals surface area contributed by atoms with Crippen LogP contribution in [-0.2, 0) is 4.74 Å². The summed E-state index contributed by atoms with van der Waals surface area (Å²) in [6.45, 7) is 5.23. The summed E-state index contributed by atoms with van der Waals surface area (Å²) in [5.74, 6) is 1.33. The number of aliphatic hydroxyl groups excluding tert-OH is 1. The van der Waals surface area contributed by atoms with Crippen LogP contribution in [0.25, 0.3) is 0 Å². The Morgan fingerprint density at radius 3 is 2.47 bits per heavy atom. The smallest absolute Gasteiger partial charge is 0.0915 e. The third-order valence-electron chi connectivity index (χ3n) is 4.38. The SMILES string of the molecule is CC1CCC(C(O)C2(C)CCCO2)CC1. The Bertz CT molecular complexity index is 201. The minimum Gasteiger partial charge on any atom is -0.390 e. The van der Waals surface area contributed by atoms with E-state index in [2.05, 4.69) is 13.8 Å². The van der Waals surface area contributed by atoms with Crippen LogP contribution in [0, 0.1) is 11.8 Å². The molecule has 15 heavy (non-hydrogen) atoms. The van der Waals surface area contributed by atoms with Crippen molar-refractivity contribution in [3.05, 3.63) is 0 Å². The number of hydrogen-bond acceptors (Lipinski definition) is 2. The Hall–Kier alpha value is -0.0800. The second-order valence-corrected chi connectivity index (χ2v) is 5.73. The van der Waals surface area contributed by atoms with Crippen molar-refractivity contribution in [2.45, 2.75) is 64.1 Å². The van der Waals surface area contributed by atoms with Crippen molar-refractivity contribution in [1.29, 1.82) is 0 Å². The Balaban J connectivity index is 1.92. The highest BCUT2D eigenvalue weighted by Crippen LogP contribution is 2.38. The first-order chi connectivity index (χ1) is 7.12. The normalized spacial score (nSPS) is 44.2. The second-order valence-electron chi connectivity index (χ2n) is 5.73. The molecule has 2 heteroatoms. The minimum atomic E-state index is -0.245. The fourth-order valence-electron chi connectivity index (χ4n) is 3.13. The molecule has 0 spiro atoms. The molecule has 2 fully saturated rings. The van der Waals surface area contributed by atoms with Crippen LogP contribution in [0.2, 0.25) is 0 Å². The molecule has 2 rings (SSSR count). The summed E-state index contributed by atoms with van der Waals surface area (Å²) in [5, 5.41) is 10.4. The molecule has 0 radical (unpaired) electrons. The average molecular weight is 212 g/mol. The maximum absolute atomic E-state index is 10.4. The molecule has 0 aromatic carbocycles. The van der Waals surface area contributed by atoms with E-state index in [-0.39, 0.29) is 11.7 Å². The summed E-state index contributed by atoms with van der Waals surface area (Å²) >= 11 is 0. The molecule has 2 atom stereocenters. The van der Waals surface area contributed by atoms with Gasteiger partial charge < -0.3 is 9.84 Å². The van der Waals surface area contributed by atoms with Crippen LogP contribution < -0.4 is 0 Å². The predicted molar refractivity (Wildman–Crippen MR) is 60.7 cm³/mol. The van der Waals surface area contributed by atoms with Crippen molar-refractivity contribution >= 4 is 0 Å². The lowest BCUT2D eigenvalue weighted by Crippen LogP contribution is -2.44. The van der Waals surface area contributed by atoms with E-state index in [9.17, 15) is 5.11 Å². The Morgan fingerprint density at radius 2 is 1.93 bits per heavy atom. The molecule has 1 aliphatic heterocycles. The van der Waals surface area contributed by atoms with E-state index in [1.807, 2.05) is 0 Å². The second kappa shape index (κ2) is 4.42. The maximum atomic E-state index is 10.4. The van der Waals surface area contributed by atoms with Crippen LogP contribution in [0.1, 0.15) is 52.4 Å².